The first-order valence-electron chi connectivity index (χ1n) is 8.22. The summed E-state index contributed by atoms with van der Waals surface area (Å²) in [6.45, 7) is -0.286. The highest BCUT2D eigenvalue weighted by molar-refractivity contribution is 5.94. The highest BCUT2D eigenvalue weighted by Gasteiger charge is 2.14. The molecule has 6 heteroatoms. The van der Waals surface area contributed by atoms with Gasteiger partial charge in [0.15, 0.2) is 6.61 Å². The van der Waals surface area contributed by atoms with Crippen LogP contribution in [0.5, 0.6) is 11.5 Å². The topological polar surface area (TPSA) is 65.1 Å². The molecule has 2 aromatic carbocycles. The normalized spacial score (nSPS) is 10.1. The minimum Gasteiger partial charge on any atom is -0.497 e. The van der Waals surface area contributed by atoms with Crippen LogP contribution >= 0.6 is 0 Å². The third kappa shape index (κ3) is 5.51. The summed E-state index contributed by atoms with van der Waals surface area (Å²) in [4.78, 5) is 25.5. The van der Waals surface area contributed by atoms with Crippen molar-refractivity contribution < 1.29 is 23.8 Å². The van der Waals surface area contributed by atoms with Crippen LogP contribution in [0.1, 0.15) is 12.0 Å². The van der Waals surface area contributed by atoms with Gasteiger partial charge < -0.3 is 19.1 Å². The van der Waals surface area contributed by atoms with Crippen molar-refractivity contribution >= 4 is 17.6 Å². The summed E-state index contributed by atoms with van der Waals surface area (Å²) < 4.78 is 15.5. The van der Waals surface area contributed by atoms with Gasteiger partial charge in [-0.2, -0.15) is 0 Å². The molecular formula is C20H23NO5. The van der Waals surface area contributed by atoms with Gasteiger partial charge in [0.05, 0.1) is 14.2 Å². The van der Waals surface area contributed by atoms with E-state index in [9.17, 15) is 9.59 Å². The number of hydrogen-bond acceptors (Lipinski definition) is 5. The second-order valence-corrected chi connectivity index (χ2v) is 5.67. The van der Waals surface area contributed by atoms with Crippen molar-refractivity contribution in [2.75, 3.05) is 32.8 Å². The van der Waals surface area contributed by atoms with Crippen LogP contribution in [0.3, 0.4) is 0 Å². The Morgan fingerprint density at radius 2 is 1.58 bits per heavy atom. The molecule has 0 N–H and O–H groups in total. The minimum absolute atomic E-state index is 0.165. The Bertz CT molecular complexity index is 723. The summed E-state index contributed by atoms with van der Waals surface area (Å²) in [5.41, 5.74) is 1.64. The van der Waals surface area contributed by atoms with E-state index in [1.807, 2.05) is 42.5 Å². The monoisotopic (exact) mass is 357 g/mol. The van der Waals surface area contributed by atoms with Gasteiger partial charge in [0.1, 0.15) is 11.5 Å². The zero-order valence-electron chi connectivity index (χ0n) is 15.2. The standard InChI is InChI=1S/C20H23NO5/c1-21(16-7-5-4-6-8-16)19(22)14-26-20(23)10-9-15-11-17(24-2)13-18(12-15)25-3/h4-8,11-13H,9-10,14H2,1-3H3. The van der Waals surface area contributed by atoms with E-state index in [1.165, 1.54) is 4.90 Å². The fourth-order valence-corrected chi connectivity index (χ4v) is 2.36. The van der Waals surface area contributed by atoms with Crippen LogP contribution in [0, 0.1) is 0 Å². The molecule has 26 heavy (non-hydrogen) atoms. The van der Waals surface area contributed by atoms with Crippen LogP contribution in [0.25, 0.3) is 0 Å². The number of benzene rings is 2. The Balaban J connectivity index is 1.83. The van der Waals surface area contributed by atoms with Gasteiger partial charge in [0.25, 0.3) is 5.91 Å². The quantitative estimate of drug-likeness (QED) is 0.680. The highest BCUT2D eigenvalue weighted by atomic mass is 16.5. The van der Waals surface area contributed by atoms with Crippen molar-refractivity contribution in [1.82, 2.24) is 0 Å². The molecule has 0 unspecified atom stereocenters. The van der Waals surface area contributed by atoms with Crippen LogP contribution in [0.4, 0.5) is 5.69 Å². The third-order valence-corrected chi connectivity index (χ3v) is 3.90. The van der Waals surface area contributed by atoms with Gasteiger partial charge in [0, 0.05) is 25.2 Å². The summed E-state index contributed by atoms with van der Waals surface area (Å²) in [6.07, 6.45) is 0.633. The molecule has 1 amide bonds. The summed E-state index contributed by atoms with van der Waals surface area (Å²) in [7, 11) is 4.79. The van der Waals surface area contributed by atoms with Crippen LogP contribution in [0.2, 0.25) is 0 Å². The molecule has 138 valence electrons. The van der Waals surface area contributed by atoms with Crippen molar-refractivity contribution in [3.63, 3.8) is 0 Å². The SMILES string of the molecule is COc1cc(CCC(=O)OCC(=O)N(C)c2ccccc2)cc(OC)c1. The first-order chi connectivity index (χ1) is 12.5. The molecule has 0 aliphatic rings. The molecule has 0 atom stereocenters. The van der Waals surface area contributed by atoms with Crippen LogP contribution in [-0.4, -0.2) is 39.8 Å². The molecular weight excluding hydrogens is 334 g/mol. The van der Waals surface area contributed by atoms with Crippen molar-refractivity contribution in [2.45, 2.75) is 12.8 Å². The van der Waals surface area contributed by atoms with Crippen molar-refractivity contribution in [1.29, 1.82) is 0 Å². The van der Waals surface area contributed by atoms with Crippen LogP contribution in [-0.2, 0) is 20.7 Å². The van der Waals surface area contributed by atoms with Gasteiger partial charge in [0.2, 0.25) is 0 Å². The number of ether oxygens (including phenoxy) is 3. The Hall–Kier alpha value is -3.02. The number of rotatable bonds is 8. The second kappa shape index (κ2) is 9.46. The van der Waals surface area contributed by atoms with E-state index in [4.69, 9.17) is 14.2 Å². The second-order valence-electron chi connectivity index (χ2n) is 5.67. The molecule has 2 aromatic rings. The van der Waals surface area contributed by atoms with E-state index in [0.717, 1.165) is 11.3 Å². The minimum atomic E-state index is -0.429. The van der Waals surface area contributed by atoms with Crippen LogP contribution in [0.15, 0.2) is 48.5 Å². The maximum absolute atomic E-state index is 12.1. The van der Waals surface area contributed by atoms with Gasteiger partial charge >= 0.3 is 5.97 Å². The van der Waals surface area contributed by atoms with Crippen molar-refractivity contribution in [3.05, 3.63) is 54.1 Å². The largest absolute Gasteiger partial charge is 0.497 e. The lowest BCUT2D eigenvalue weighted by atomic mass is 10.1. The molecule has 0 aromatic heterocycles. The fourth-order valence-electron chi connectivity index (χ4n) is 2.36. The number of esters is 1. The van der Waals surface area contributed by atoms with E-state index in [-0.39, 0.29) is 18.9 Å². The molecule has 6 nitrogen and oxygen atoms in total. The van der Waals surface area contributed by atoms with E-state index >= 15 is 0 Å². The molecule has 0 heterocycles. The number of nitrogens with zero attached hydrogens (tertiary/aromatic N) is 1. The molecule has 2 rings (SSSR count). The molecule has 0 aliphatic carbocycles. The lowest BCUT2D eigenvalue weighted by Gasteiger charge is -2.17. The zero-order chi connectivity index (χ0) is 18.9. The summed E-state index contributed by atoms with van der Waals surface area (Å²) >= 11 is 0. The number of likely N-dealkylation sites (N-methyl/N-ethyl adjacent to an activating group) is 1. The van der Waals surface area contributed by atoms with Crippen LogP contribution < -0.4 is 14.4 Å². The smallest absolute Gasteiger partial charge is 0.306 e. The molecule has 0 radical (unpaired) electrons. The number of anilines is 1. The maximum atomic E-state index is 12.1. The first kappa shape index (κ1) is 19.3. The van der Waals surface area contributed by atoms with Gasteiger partial charge in [-0.25, -0.2) is 0 Å². The number of carbonyl (C=O) groups excluding carboxylic acids is 2. The average molecular weight is 357 g/mol. The van der Waals surface area contributed by atoms with Crippen molar-refractivity contribution in [2.24, 2.45) is 0 Å². The molecule has 0 saturated heterocycles. The number of amides is 1. The summed E-state index contributed by atoms with van der Waals surface area (Å²) in [5, 5.41) is 0. The highest BCUT2D eigenvalue weighted by Crippen LogP contribution is 2.23. The summed E-state index contributed by atoms with van der Waals surface area (Å²) in [6, 6.07) is 14.6. The number of para-hydroxylation sites is 1. The number of methoxy groups -OCH3 is 2. The molecule has 0 bridgehead atoms. The molecule has 0 spiro atoms. The predicted octanol–water partition coefficient (Wildman–Crippen LogP) is 2.84. The van der Waals surface area contributed by atoms with E-state index in [1.54, 1.807) is 27.3 Å². The number of carbonyl (C=O) groups is 2. The zero-order valence-corrected chi connectivity index (χ0v) is 15.2. The number of aryl methyl sites for hydroxylation is 1. The van der Waals surface area contributed by atoms with Gasteiger partial charge in [-0.15, -0.1) is 0 Å². The number of hydrogen-bond donors (Lipinski definition) is 0. The lowest BCUT2D eigenvalue weighted by molar-refractivity contribution is -0.147. The van der Waals surface area contributed by atoms with Gasteiger partial charge in [-0.1, -0.05) is 18.2 Å². The van der Waals surface area contributed by atoms with E-state index < -0.39 is 5.97 Å². The molecule has 0 saturated carbocycles. The van der Waals surface area contributed by atoms with Crippen molar-refractivity contribution in [3.8, 4) is 11.5 Å². The Kier molecular flexibility index (Phi) is 7.02. The Morgan fingerprint density at radius 1 is 0.962 bits per heavy atom. The maximum Gasteiger partial charge on any atom is 0.306 e. The Labute approximate surface area is 153 Å². The van der Waals surface area contributed by atoms with E-state index in [0.29, 0.717) is 17.9 Å². The average Bonchev–Trinajstić information content (AvgIpc) is 2.70. The molecule has 0 fully saturated rings. The predicted molar refractivity (Wildman–Crippen MR) is 98.7 cm³/mol. The Morgan fingerprint density at radius 3 is 2.15 bits per heavy atom. The first-order valence-corrected chi connectivity index (χ1v) is 8.22. The lowest BCUT2D eigenvalue weighted by Crippen LogP contribution is -2.31. The fraction of sp³-hybridized carbons (Fsp3) is 0.300. The molecule has 0 aliphatic heterocycles. The third-order valence-electron chi connectivity index (χ3n) is 3.90. The van der Waals surface area contributed by atoms with Gasteiger partial charge in [-0.05, 0) is 36.2 Å². The van der Waals surface area contributed by atoms with Gasteiger partial charge in [-0.3, -0.25) is 9.59 Å². The summed E-state index contributed by atoms with van der Waals surface area (Å²) in [5.74, 6) is 0.606. The van der Waals surface area contributed by atoms with E-state index in [2.05, 4.69) is 0 Å².